The zero-order valence-electron chi connectivity index (χ0n) is 15.3. The predicted molar refractivity (Wildman–Crippen MR) is 103 cm³/mol. The van der Waals surface area contributed by atoms with Gasteiger partial charge in [0.1, 0.15) is 11.9 Å². The van der Waals surface area contributed by atoms with Crippen LogP contribution in [-0.4, -0.2) is 26.6 Å². The Hall–Kier alpha value is -2.33. The molecule has 158 valence electrons. The number of sulfonamides is 1. The summed E-state index contributed by atoms with van der Waals surface area (Å²) in [5.74, 6) is -1.59. The van der Waals surface area contributed by atoms with Crippen LogP contribution in [0, 0.1) is 5.82 Å². The number of anilines is 2. The summed E-state index contributed by atoms with van der Waals surface area (Å²) in [6.07, 6.45) is -4.00. The van der Waals surface area contributed by atoms with Gasteiger partial charge < -0.3 is 5.32 Å². The second-order valence-electron chi connectivity index (χ2n) is 6.14. The van der Waals surface area contributed by atoms with E-state index in [-0.39, 0.29) is 17.1 Å². The van der Waals surface area contributed by atoms with Crippen molar-refractivity contribution >= 4 is 38.9 Å². The smallest absolute Gasteiger partial charge is 0.324 e. The molecule has 1 amide bonds. The van der Waals surface area contributed by atoms with Gasteiger partial charge in [-0.1, -0.05) is 18.5 Å². The van der Waals surface area contributed by atoms with Crippen molar-refractivity contribution < 1.29 is 30.8 Å². The Morgan fingerprint density at radius 2 is 1.76 bits per heavy atom. The van der Waals surface area contributed by atoms with E-state index >= 15 is 0 Å². The van der Waals surface area contributed by atoms with Crippen molar-refractivity contribution in [3.05, 3.63) is 58.9 Å². The first-order valence-corrected chi connectivity index (χ1v) is 10.5. The van der Waals surface area contributed by atoms with Gasteiger partial charge in [-0.3, -0.25) is 9.10 Å². The second-order valence-corrected chi connectivity index (χ2v) is 8.43. The number of carbonyl (C=O) groups is 1. The maximum atomic E-state index is 13.3. The number of nitrogens with one attached hydrogen (secondary N) is 1. The molecule has 5 nitrogen and oxygen atoms in total. The molecule has 0 spiro atoms. The minimum atomic E-state index is -4.79. The van der Waals surface area contributed by atoms with Crippen LogP contribution in [0.5, 0.6) is 0 Å². The standard InChI is InChI=1S/C18H17ClF4N2O3S/c1-3-16(25(29(2,27)28)13-7-5-12(20)6-8-13)17(26)24-15-9-4-11(19)10-14(15)18(21,22)23/h4-10,16H,3H2,1-2H3,(H,24,26)/t16-/m1/s1. The molecule has 1 N–H and O–H groups in total. The summed E-state index contributed by atoms with van der Waals surface area (Å²) in [5, 5.41) is 1.96. The van der Waals surface area contributed by atoms with Gasteiger partial charge in [-0.05, 0) is 48.9 Å². The number of benzene rings is 2. The van der Waals surface area contributed by atoms with Crippen LogP contribution < -0.4 is 9.62 Å². The highest BCUT2D eigenvalue weighted by atomic mass is 35.5. The van der Waals surface area contributed by atoms with Crippen LogP contribution in [0.25, 0.3) is 0 Å². The molecule has 2 aromatic rings. The van der Waals surface area contributed by atoms with E-state index in [0.29, 0.717) is 6.07 Å². The van der Waals surface area contributed by atoms with Crippen LogP contribution in [0.1, 0.15) is 18.9 Å². The van der Waals surface area contributed by atoms with E-state index in [9.17, 15) is 30.8 Å². The van der Waals surface area contributed by atoms with Crippen molar-refractivity contribution in [3.63, 3.8) is 0 Å². The quantitative estimate of drug-likeness (QED) is 0.647. The highest BCUT2D eigenvalue weighted by Crippen LogP contribution is 2.37. The van der Waals surface area contributed by atoms with Crippen LogP contribution in [0.2, 0.25) is 5.02 Å². The van der Waals surface area contributed by atoms with Gasteiger partial charge in [0.15, 0.2) is 0 Å². The SMILES string of the molecule is CC[C@H](C(=O)Nc1ccc(Cl)cc1C(F)(F)F)N(c1ccc(F)cc1)S(C)(=O)=O. The van der Waals surface area contributed by atoms with Crippen molar-refractivity contribution in [1.82, 2.24) is 0 Å². The molecule has 0 saturated heterocycles. The Morgan fingerprint density at radius 1 is 1.17 bits per heavy atom. The van der Waals surface area contributed by atoms with Gasteiger partial charge in [-0.25, -0.2) is 12.8 Å². The Morgan fingerprint density at radius 3 is 2.24 bits per heavy atom. The highest BCUT2D eigenvalue weighted by Gasteiger charge is 2.36. The van der Waals surface area contributed by atoms with Crippen molar-refractivity contribution in [3.8, 4) is 0 Å². The number of amides is 1. The lowest BCUT2D eigenvalue weighted by atomic mass is 10.1. The summed E-state index contributed by atoms with van der Waals surface area (Å²) in [7, 11) is -4.02. The molecule has 2 rings (SSSR count). The molecule has 29 heavy (non-hydrogen) atoms. The molecule has 0 bridgehead atoms. The van der Waals surface area contributed by atoms with E-state index in [1.807, 2.05) is 0 Å². The van der Waals surface area contributed by atoms with Gasteiger partial charge in [0.2, 0.25) is 15.9 Å². The fraction of sp³-hybridized carbons (Fsp3) is 0.278. The molecular formula is C18H17ClF4N2O3S. The predicted octanol–water partition coefficient (Wildman–Crippen LogP) is 4.68. The molecule has 2 aromatic carbocycles. The summed E-state index contributed by atoms with van der Waals surface area (Å²) in [4.78, 5) is 12.7. The number of rotatable bonds is 6. The molecule has 11 heteroatoms. The largest absolute Gasteiger partial charge is 0.418 e. The second kappa shape index (κ2) is 8.58. The fourth-order valence-electron chi connectivity index (χ4n) is 2.72. The monoisotopic (exact) mass is 452 g/mol. The van der Waals surface area contributed by atoms with E-state index in [2.05, 4.69) is 5.32 Å². The zero-order valence-corrected chi connectivity index (χ0v) is 16.9. The van der Waals surface area contributed by atoms with Gasteiger partial charge >= 0.3 is 6.18 Å². The van der Waals surface area contributed by atoms with E-state index in [1.165, 1.54) is 13.0 Å². The molecule has 0 aliphatic rings. The molecule has 0 radical (unpaired) electrons. The Kier molecular flexibility index (Phi) is 6.79. The summed E-state index contributed by atoms with van der Waals surface area (Å²) < 4.78 is 78.3. The molecule has 1 atom stereocenters. The normalized spacial score (nSPS) is 13.1. The van der Waals surface area contributed by atoms with Crippen LogP contribution in [0.15, 0.2) is 42.5 Å². The third kappa shape index (κ3) is 5.60. The first-order chi connectivity index (χ1) is 13.3. The van der Waals surface area contributed by atoms with Crippen molar-refractivity contribution in [1.29, 1.82) is 0 Å². The maximum absolute atomic E-state index is 13.3. The number of nitrogens with zero attached hydrogens (tertiary/aromatic N) is 1. The number of hydrogen-bond acceptors (Lipinski definition) is 3. The molecule has 0 aliphatic carbocycles. The van der Waals surface area contributed by atoms with Crippen molar-refractivity contribution in [2.75, 3.05) is 15.9 Å². The Bertz CT molecular complexity index is 995. The van der Waals surface area contributed by atoms with Crippen molar-refractivity contribution in [2.24, 2.45) is 0 Å². The van der Waals surface area contributed by atoms with Gasteiger partial charge in [0.25, 0.3) is 0 Å². The number of carbonyl (C=O) groups excluding carboxylic acids is 1. The summed E-state index contributed by atoms with van der Waals surface area (Å²) in [5.41, 5.74) is -1.72. The minimum Gasteiger partial charge on any atom is -0.324 e. The fourth-order valence-corrected chi connectivity index (χ4v) is 4.11. The van der Waals surface area contributed by atoms with Crippen LogP contribution in [0.3, 0.4) is 0 Å². The average Bonchev–Trinajstić information content (AvgIpc) is 2.60. The van der Waals surface area contributed by atoms with Gasteiger partial charge in [-0.2, -0.15) is 13.2 Å². The molecule has 0 unspecified atom stereocenters. The number of halogens is 5. The minimum absolute atomic E-state index is 0.00282. The lowest BCUT2D eigenvalue weighted by Crippen LogP contribution is -2.47. The number of alkyl halides is 3. The molecular weight excluding hydrogens is 436 g/mol. The third-order valence-electron chi connectivity index (χ3n) is 3.96. The van der Waals surface area contributed by atoms with Crippen LogP contribution >= 0.6 is 11.6 Å². The Labute approximate surface area is 170 Å². The van der Waals surface area contributed by atoms with Crippen molar-refractivity contribution in [2.45, 2.75) is 25.6 Å². The van der Waals surface area contributed by atoms with E-state index in [1.54, 1.807) is 0 Å². The van der Waals surface area contributed by atoms with Gasteiger partial charge in [0.05, 0.1) is 23.2 Å². The van der Waals surface area contributed by atoms with Gasteiger partial charge in [-0.15, -0.1) is 0 Å². The molecule has 0 aliphatic heterocycles. The van der Waals surface area contributed by atoms with Crippen LogP contribution in [0.4, 0.5) is 28.9 Å². The van der Waals surface area contributed by atoms with E-state index in [4.69, 9.17) is 11.6 Å². The summed E-state index contributed by atoms with van der Waals surface area (Å²) in [6.45, 7) is 1.50. The third-order valence-corrected chi connectivity index (χ3v) is 5.37. The van der Waals surface area contributed by atoms with Gasteiger partial charge in [0, 0.05) is 5.02 Å². The van der Waals surface area contributed by atoms with E-state index in [0.717, 1.165) is 40.9 Å². The zero-order chi connectivity index (χ0) is 22.0. The first-order valence-electron chi connectivity index (χ1n) is 8.27. The lowest BCUT2D eigenvalue weighted by molar-refractivity contribution is -0.137. The molecule has 0 aromatic heterocycles. The lowest BCUT2D eigenvalue weighted by Gasteiger charge is -2.30. The average molecular weight is 453 g/mol. The number of hydrogen-bond donors (Lipinski definition) is 1. The molecule has 0 heterocycles. The first kappa shape index (κ1) is 23.0. The summed E-state index contributed by atoms with van der Waals surface area (Å²) >= 11 is 5.62. The summed E-state index contributed by atoms with van der Waals surface area (Å²) in [6, 6.07) is 5.79. The topological polar surface area (TPSA) is 66.5 Å². The maximum Gasteiger partial charge on any atom is 0.418 e. The van der Waals surface area contributed by atoms with E-state index < -0.39 is 45.2 Å². The highest BCUT2D eigenvalue weighted by molar-refractivity contribution is 7.92. The van der Waals surface area contributed by atoms with Crippen LogP contribution in [-0.2, 0) is 21.0 Å². The molecule has 0 fully saturated rings. The Balaban J connectivity index is 2.45. The molecule has 0 saturated carbocycles.